The van der Waals surface area contributed by atoms with Crippen molar-refractivity contribution in [2.75, 3.05) is 12.8 Å². The Kier molecular flexibility index (Phi) is 2.93. The molecule has 0 aliphatic heterocycles. The largest absolute Gasteiger partial charge is 0.497 e. The van der Waals surface area contributed by atoms with Crippen molar-refractivity contribution in [3.05, 3.63) is 23.8 Å². The molecule has 0 spiro atoms. The van der Waals surface area contributed by atoms with E-state index in [1.54, 1.807) is 0 Å². The van der Waals surface area contributed by atoms with E-state index in [1.165, 1.54) is 25.3 Å². The second-order valence-electron chi connectivity index (χ2n) is 2.78. The van der Waals surface area contributed by atoms with Gasteiger partial charge in [-0.05, 0) is 17.7 Å². The van der Waals surface area contributed by atoms with Gasteiger partial charge in [0.2, 0.25) is 0 Å². The Balaban J connectivity index is 3.08. The van der Waals surface area contributed by atoms with Crippen molar-refractivity contribution in [1.29, 1.82) is 0 Å². The number of carbonyl (C=O) groups is 1. The number of methoxy groups -OCH3 is 1. The van der Waals surface area contributed by atoms with Crippen LogP contribution in [-0.2, 0) is 4.79 Å². The molecule has 76 valence electrons. The number of carboxylic acids is 1. The number of carboxylic acid groups (broad SMARTS) is 1. The van der Waals surface area contributed by atoms with E-state index in [2.05, 4.69) is 0 Å². The summed E-state index contributed by atoms with van der Waals surface area (Å²) in [4.78, 5) is 10.5. The first-order valence-corrected chi connectivity index (χ1v) is 3.90. The maximum Gasteiger partial charge on any atom is 0.337 e. The topological polar surface area (TPSA) is 92.8 Å². The maximum atomic E-state index is 10.5. The summed E-state index contributed by atoms with van der Waals surface area (Å²) in [5, 5.41) is 17.8. The van der Waals surface area contributed by atoms with Crippen molar-refractivity contribution in [2.45, 2.75) is 6.10 Å². The van der Waals surface area contributed by atoms with Crippen LogP contribution in [-0.4, -0.2) is 23.3 Å². The zero-order chi connectivity index (χ0) is 10.7. The van der Waals surface area contributed by atoms with Gasteiger partial charge in [0.05, 0.1) is 7.11 Å². The molecule has 14 heavy (non-hydrogen) atoms. The molecule has 0 fully saturated rings. The normalized spacial score (nSPS) is 12.1. The van der Waals surface area contributed by atoms with E-state index < -0.39 is 12.1 Å². The number of nitrogens with two attached hydrogens (primary N) is 1. The Morgan fingerprint density at radius 3 is 2.64 bits per heavy atom. The second kappa shape index (κ2) is 3.97. The highest BCUT2D eigenvalue weighted by atomic mass is 16.5. The van der Waals surface area contributed by atoms with Crippen LogP contribution < -0.4 is 10.5 Å². The predicted octanol–water partition coefficient (Wildman–Crippen LogP) is 0.395. The fourth-order valence-corrected chi connectivity index (χ4v) is 1.06. The number of aliphatic carboxylic acids is 1. The number of hydrogen-bond donors (Lipinski definition) is 3. The SMILES string of the molecule is COc1cc(N)cc(C(O)C(=O)O)c1. The lowest BCUT2D eigenvalue weighted by Crippen LogP contribution is -2.10. The van der Waals surface area contributed by atoms with Crippen molar-refractivity contribution in [2.24, 2.45) is 0 Å². The number of aliphatic hydroxyl groups excluding tert-OH is 1. The van der Waals surface area contributed by atoms with Crippen LogP contribution in [0.25, 0.3) is 0 Å². The third-order valence-electron chi connectivity index (χ3n) is 1.74. The van der Waals surface area contributed by atoms with E-state index in [4.69, 9.17) is 15.6 Å². The minimum atomic E-state index is -1.58. The Hall–Kier alpha value is -1.75. The van der Waals surface area contributed by atoms with Gasteiger partial charge in [-0.1, -0.05) is 0 Å². The van der Waals surface area contributed by atoms with Crippen LogP contribution in [0.15, 0.2) is 18.2 Å². The lowest BCUT2D eigenvalue weighted by molar-refractivity contribution is -0.146. The zero-order valence-corrected chi connectivity index (χ0v) is 7.60. The third-order valence-corrected chi connectivity index (χ3v) is 1.74. The molecule has 0 amide bonds. The standard InChI is InChI=1S/C9H11NO4/c1-14-7-3-5(2-6(10)4-7)8(11)9(12)13/h2-4,8,11H,10H2,1H3,(H,12,13). The fraction of sp³-hybridized carbons (Fsp3) is 0.222. The van der Waals surface area contributed by atoms with Crippen LogP contribution in [0.5, 0.6) is 5.75 Å². The first-order chi connectivity index (χ1) is 6.54. The molecule has 1 aromatic carbocycles. The van der Waals surface area contributed by atoms with Gasteiger partial charge in [-0.2, -0.15) is 0 Å². The Morgan fingerprint density at radius 2 is 2.14 bits per heavy atom. The van der Waals surface area contributed by atoms with Crippen molar-refractivity contribution in [3.63, 3.8) is 0 Å². The number of aliphatic hydroxyl groups is 1. The highest BCUT2D eigenvalue weighted by Crippen LogP contribution is 2.23. The van der Waals surface area contributed by atoms with E-state index in [0.29, 0.717) is 11.4 Å². The van der Waals surface area contributed by atoms with Crippen LogP contribution in [0, 0.1) is 0 Å². The van der Waals surface area contributed by atoms with Crippen LogP contribution in [0.3, 0.4) is 0 Å². The third kappa shape index (κ3) is 2.14. The molecule has 1 atom stereocenters. The highest BCUT2D eigenvalue weighted by Gasteiger charge is 2.16. The molecule has 1 aromatic rings. The van der Waals surface area contributed by atoms with E-state index in [0.717, 1.165) is 0 Å². The summed E-state index contributed by atoms with van der Waals surface area (Å²) in [7, 11) is 1.44. The van der Waals surface area contributed by atoms with Crippen LogP contribution in [0.1, 0.15) is 11.7 Å². The van der Waals surface area contributed by atoms with Gasteiger partial charge in [0.25, 0.3) is 0 Å². The summed E-state index contributed by atoms with van der Waals surface area (Å²) < 4.78 is 4.88. The highest BCUT2D eigenvalue weighted by molar-refractivity contribution is 5.74. The Bertz CT molecular complexity index is 351. The summed E-state index contributed by atoms with van der Waals surface area (Å²) >= 11 is 0. The van der Waals surface area contributed by atoms with Gasteiger partial charge in [-0.25, -0.2) is 4.79 Å². The monoisotopic (exact) mass is 197 g/mol. The van der Waals surface area contributed by atoms with Gasteiger partial charge in [0.1, 0.15) is 5.75 Å². The Labute approximate surface area is 80.7 Å². The van der Waals surface area contributed by atoms with Crippen molar-refractivity contribution < 1.29 is 19.7 Å². The molecule has 5 nitrogen and oxygen atoms in total. The maximum absolute atomic E-state index is 10.5. The van der Waals surface area contributed by atoms with Gasteiger partial charge >= 0.3 is 5.97 Å². The van der Waals surface area contributed by atoms with Crippen LogP contribution in [0.2, 0.25) is 0 Å². The molecule has 0 radical (unpaired) electrons. The molecule has 5 heteroatoms. The number of hydrogen-bond acceptors (Lipinski definition) is 4. The molecule has 1 rings (SSSR count). The minimum absolute atomic E-state index is 0.203. The first-order valence-electron chi connectivity index (χ1n) is 3.90. The van der Waals surface area contributed by atoms with E-state index in [-0.39, 0.29) is 5.56 Å². The molecular formula is C9H11NO4. The lowest BCUT2D eigenvalue weighted by Gasteiger charge is -2.08. The van der Waals surface area contributed by atoms with Gasteiger partial charge in [0, 0.05) is 11.8 Å². The predicted molar refractivity (Wildman–Crippen MR) is 50.0 cm³/mol. The van der Waals surface area contributed by atoms with Gasteiger partial charge in [0.15, 0.2) is 6.10 Å². The van der Waals surface area contributed by atoms with E-state index >= 15 is 0 Å². The first kappa shape index (κ1) is 10.3. The van der Waals surface area contributed by atoms with Crippen molar-refractivity contribution in [1.82, 2.24) is 0 Å². The molecule has 0 bridgehead atoms. The zero-order valence-electron chi connectivity index (χ0n) is 7.60. The summed E-state index contributed by atoms with van der Waals surface area (Å²) in [6.45, 7) is 0. The Morgan fingerprint density at radius 1 is 1.50 bits per heavy atom. The average Bonchev–Trinajstić information content (AvgIpc) is 2.15. The molecule has 0 aliphatic carbocycles. The van der Waals surface area contributed by atoms with Crippen molar-refractivity contribution >= 4 is 11.7 Å². The molecular weight excluding hydrogens is 186 g/mol. The number of ether oxygens (including phenoxy) is 1. The number of nitrogen functional groups attached to an aromatic ring is 1. The van der Waals surface area contributed by atoms with Crippen LogP contribution in [0.4, 0.5) is 5.69 Å². The minimum Gasteiger partial charge on any atom is -0.497 e. The number of anilines is 1. The molecule has 4 N–H and O–H groups in total. The fourth-order valence-electron chi connectivity index (χ4n) is 1.06. The lowest BCUT2D eigenvalue weighted by atomic mass is 10.1. The second-order valence-corrected chi connectivity index (χ2v) is 2.78. The molecule has 0 aliphatic rings. The quantitative estimate of drug-likeness (QED) is 0.610. The average molecular weight is 197 g/mol. The smallest absolute Gasteiger partial charge is 0.337 e. The van der Waals surface area contributed by atoms with Crippen molar-refractivity contribution in [3.8, 4) is 5.75 Å². The van der Waals surface area contributed by atoms with Gasteiger partial charge in [-0.3, -0.25) is 0 Å². The molecule has 0 saturated heterocycles. The molecule has 1 unspecified atom stereocenters. The van der Waals surface area contributed by atoms with E-state index in [1.807, 2.05) is 0 Å². The van der Waals surface area contributed by atoms with E-state index in [9.17, 15) is 9.90 Å². The molecule has 0 saturated carbocycles. The van der Waals surface area contributed by atoms with Gasteiger partial charge < -0.3 is 20.7 Å². The van der Waals surface area contributed by atoms with Crippen LogP contribution >= 0.6 is 0 Å². The summed E-state index contributed by atoms with van der Waals surface area (Å²) in [6, 6.07) is 4.36. The summed E-state index contributed by atoms with van der Waals surface area (Å²) in [6.07, 6.45) is -1.58. The number of rotatable bonds is 3. The number of benzene rings is 1. The molecule has 0 aromatic heterocycles. The van der Waals surface area contributed by atoms with Gasteiger partial charge in [-0.15, -0.1) is 0 Å². The summed E-state index contributed by atoms with van der Waals surface area (Å²) in [5.74, 6) is -0.905. The molecule has 0 heterocycles. The summed E-state index contributed by atoms with van der Waals surface area (Å²) in [5.41, 5.74) is 6.04.